The van der Waals surface area contributed by atoms with Crippen molar-refractivity contribution in [2.45, 2.75) is 18.2 Å². The van der Waals surface area contributed by atoms with Gasteiger partial charge in [0.1, 0.15) is 10.7 Å². The number of sulfonamides is 1. The first kappa shape index (κ1) is 15.7. The van der Waals surface area contributed by atoms with Crippen molar-refractivity contribution in [2.24, 2.45) is 5.92 Å². The Bertz CT molecular complexity index is 684. The van der Waals surface area contributed by atoms with E-state index in [-0.39, 0.29) is 10.8 Å². The van der Waals surface area contributed by atoms with Gasteiger partial charge >= 0.3 is 5.97 Å². The second-order valence-corrected chi connectivity index (χ2v) is 7.02. The van der Waals surface area contributed by atoms with E-state index >= 15 is 0 Å². The van der Waals surface area contributed by atoms with Crippen molar-refractivity contribution < 1.29 is 22.7 Å². The fourth-order valence-corrected chi connectivity index (χ4v) is 3.87. The molecule has 1 atom stereocenters. The number of nitrogens with zero attached hydrogens (tertiary/aromatic N) is 1. The van der Waals surface area contributed by atoms with E-state index in [4.69, 9.17) is 5.11 Å². The zero-order valence-corrected chi connectivity index (χ0v) is 12.3. The van der Waals surface area contributed by atoms with Gasteiger partial charge in [0.2, 0.25) is 10.0 Å². The molecule has 1 fully saturated rings. The van der Waals surface area contributed by atoms with Crippen molar-refractivity contribution in [1.29, 1.82) is 0 Å². The Labute approximate surface area is 122 Å². The van der Waals surface area contributed by atoms with Crippen LogP contribution in [0.1, 0.15) is 18.9 Å². The topological polar surface area (TPSA) is 74.7 Å². The Morgan fingerprint density at radius 3 is 2.71 bits per heavy atom. The average Bonchev–Trinajstić information content (AvgIpc) is 2.83. The van der Waals surface area contributed by atoms with Gasteiger partial charge in [-0.3, -0.25) is 0 Å². The van der Waals surface area contributed by atoms with E-state index in [9.17, 15) is 17.6 Å². The number of carbonyl (C=O) groups is 1. The van der Waals surface area contributed by atoms with Gasteiger partial charge in [-0.1, -0.05) is 13.0 Å². The summed E-state index contributed by atoms with van der Waals surface area (Å²) in [4.78, 5) is 10.0. The van der Waals surface area contributed by atoms with E-state index in [2.05, 4.69) is 0 Å². The van der Waals surface area contributed by atoms with E-state index < -0.39 is 21.8 Å². The third kappa shape index (κ3) is 3.48. The lowest BCUT2D eigenvalue weighted by molar-refractivity contribution is -0.131. The molecule has 1 heterocycles. The first-order valence-corrected chi connectivity index (χ1v) is 7.95. The number of rotatable bonds is 4. The third-order valence-corrected chi connectivity index (χ3v) is 5.28. The maximum atomic E-state index is 14.0. The van der Waals surface area contributed by atoms with Crippen LogP contribution in [0.25, 0.3) is 6.08 Å². The molecule has 1 unspecified atom stereocenters. The van der Waals surface area contributed by atoms with E-state index in [1.165, 1.54) is 22.5 Å². The summed E-state index contributed by atoms with van der Waals surface area (Å²) < 4.78 is 40.0. The molecule has 0 aromatic heterocycles. The lowest BCUT2D eigenvalue weighted by Crippen LogP contribution is -2.29. The third-order valence-electron chi connectivity index (χ3n) is 3.38. The quantitative estimate of drug-likeness (QED) is 0.862. The summed E-state index contributed by atoms with van der Waals surface area (Å²) >= 11 is 0. The molecule has 7 heteroatoms. The van der Waals surface area contributed by atoms with Crippen molar-refractivity contribution in [2.75, 3.05) is 13.1 Å². The highest BCUT2D eigenvalue weighted by molar-refractivity contribution is 7.89. The van der Waals surface area contributed by atoms with Crippen LogP contribution >= 0.6 is 0 Å². The van der Waals surface area contributed by atoms with E-state index in [0.717, 1.165) is 18.6 Å². The number of hydrogen-bond donors (Lipinski definition) is 1. The van der Waals surface area contributed by atoms with Gasteiger partial charge in [-0.05, 0) is 36.1 Å². The Kier molecular flexibility index (Phi) is 4.43. The van der Waals surface area contributed by atoms with Gasteiger partial charge in [-0.15, -0.1) is 0 Å². The minimum atomic E-state index is -3.83. The second-order valence-electron chi connectivity index (χ2n) is 5.12. The highest BCUT2D eigenvalue weighted by atomic mass is 32.2. The van der Waals surface area contributed by atoms with Gasteiger partial charge in [-0.25, -0.2) is 17.6 Å². The van der Waals surface area contributed by atoms with Crippen LogP contribution in [0.3, 0.4) is 0 Å². The normalized spacial score (nSPS) is 20.2. The molecule has 2 rings (SSSR count). The summed E-state index contributed by atoms with van der Waals surface area (Å²) in [6.45, 7) is 2.73. The number of aliphatic carboxylic acids is 1. The van der Waals surface area contributed by atoms with Crippen LogP contribution in [-0.4, -0.2) is 36.9 Å². The molecule has 1 aromatic carbocycles. The van der Waals surface area contributed by atoms with Crippen molar-refractivity contribution >= 4 is 22.1 Å². The summed E-state index contributed by atoms with van der Waals surface area (Å²) in [5.74, 6) is -1.76. The Hall–Kier alpha value is -1.73. The summed E-state index contributed by atoms with van der Waals surface area (Å²) in [6.07, 6.45) is 2.84. The van der Waals surface area contributed by atoms with Crippen LogP contribution in [0.5, 0.6) is 0 Å². The van der Waals surface area contributed by atoms with E-state index in [0.29, 0.717) is 18.7 Å². The monoisotopic (exact) mass is 313 g/mol. The highest BCUT2D eigenvalue weighted by Gasteiger charge is 2.32. The molecule has 0 amide bonds. The van der Waals surface area contributed by atoms with E-state index in [1.54, 1.807) is 0 Å². The van der Waals surface area contributed by atoms with Gasteiger partial charge in [0, 0.05) is 19.2 Å². The molecular weight excluding hydrogens is 297 g/mol. The molecule has 0 radical (unpaired) electrons. The van der Waals surface area contributed by atoms with Crippen LogP contribution in [0.4, 0.5) is 4.39 Å². The molecule has 0 bridgehead atoms. The molecule has 0 spiro atoms. The molecule has 1 aliphatic heterocycles. The summed E-state index contributed by atoms with van der Waals surface area (Å²) in [5.41, 5.74) is 0.295. The van der Waals surface area contributed by atoms with Crippen LogP contribution < -0.4 is 0 Å². The molecule has 5 nitrogen and oxygen atoms in total. The Morgan fingerprint density at radius 2 is 2.19 bits per heavy atom. The SMILES string of the molecule is CC1CCN(S(=O)(=O)c2ccc(/C=C/C(=O)O)cc2F)C1. The first-order valence-electron chi connectivity index (χ1n) is 6.51. The zero-order valence-electron chi connectivity index (χ0n) is 11.5. The molecule has 21 heavy (non-hydrogen) atoms. The van der Waals surface area contributed by atoms with Gasteiger partial charge in [-0.2, -0.15) is 4.31 Å². The van der Waals surface area contributed by atoms with E-state index in [1.807, 2.05) is 6.92 Å². The standard InChI is InChI=1S/C14H16FNO4S/c1-10-6-7-16(9-10)21(19,20)13-4-2-11(8-12(13)15)3-5-14(17)18/h2-5,8,10H,6-7,9H2,1H3,(H,17,18)/b5-3+. The van der Waals surface area contributed by atoms with Crippen LogP contribution in [0.15, 0.2) is 29.2 Å². The fraction of sp³-hybridized carbons (Fsp3) is 0.357. The predicted octanol–water partition coefficient (Wildman–Crippen LogP) is 1.95. The lowest BCUT2D eigenvalue weighted by atomic mass is 10.2. The van der Waals surface area contributed by atoms with Gasteiger partial charge in [0.25, 0.3) is 0 Å². The minimum Gasteiger partial charge on any atom is -0.478 e. The maximum absolute atomic E-state index is 14.0. The number of carboxylic acids is 1. The minimum absolute atomic E-state index is 0.264. The fourth-order valence-electron chi connectivity index (χ4n) is 2.25. The summed E-state index contributed by atoms with van der Waals surface area (Å²) in [7, 11) is -3.83. The van der Waals surface area contributed by atoms with Crippen LogP contribution in [0, 0.1) is 11.7 Å². The Balaban J connectivity index is 2.30. The zero-order chi connectivity index (χ0) is 15.6. The van der Waals surface area contributed by atoms with Crippen molar-refractivity contribution in [3.05, 3.63) is 35.7 Å². The largest absolute Gasteiger partial charge is 0.478 e. The molecule has 1 saturated heterocycles. The maximum Gasteiger partial charge on any atom is 0.328 e. The first-order chi connectivity index (χ1) is 9.80. The molecular formula is C14H16FNO4S. The highest BCUT2D eigenvalue weighted by Crippen LogP contribution is 2.26. The number of benzene rings is 1. The van der Waals surface area contributed by atoms with Crippen molar-refractivity contribution in [3.8, 4) is 0 Å². The second kappa shape index (κ2) is 5.95. The number of hydrogen-bond acceptors (Lipinski definition) is 3. The predicted molar refractivity (Wildman–Crippen MR) is 75.6 cm³/mol. The Morgan fingerprint density at radius 1 is 1.48 bits per heavy atom. The average molecular weight is 313 g/mol. The van der Waals surface area contributed by atoms with Crippen molar-refractivity contribution in [3.63, 3.8) is 0 Å². The van der Waals surface area contributed by atoms with Gasteiger partial charge < -0.3 is 5.11 Å². The molecule has 0 saturated carbocycles. The summed E-state index contributed by atoms with van der Waals surface area (Å²) in [5, 5.41) is 8.51. The number of halogens is 1. The smallest absolute Gasteiger partial charge is 0.328 e. The van der Waals surface area contributed by atoms with Crippen molar-refractivity contribution in [1.82, 2.24) is 4.31 Å². The molecule has 1 aliphatic rings. The molecule has 1 N–H and O–H groups in total. The molecule has 0 aliphatic carbocycles. The summed E-state index contributed by atoms with van der Waals surface area (Å²) in [6, 6.07) is 3.58. The molecule has 114 valence electrons. The molecule has 1 aromatic rings. The lowest BCUT2D eigenvalue weighted by Gasteiger charge is -2.16. The van der Waals surface area contributed by atoms with Crippen LogP contribution in [0.2, 0.25) is 0 Å². The van der Waals surface area contributed by atoms with Crippen LogP contribution in [-0.2, 0) is 14.8 Å². The number of carboxylic acid groups (broad SMARTS) is 1. The van der Waals surface area contributed by atoms with Gasteiger partial charge in [0.05, 0.1) is 0 Å². The van der Waals surface area contributed by atoms with Gasteiger partial charge in [0.15, 0.2) is 0 Å².